The Morgan fingerprint density at radius 2 is 1.55 bits per heavy atom. The van der Waals surface area contributed by atoms with Crippen molar-refractivity contribution in [1.82, 2.24) is 4.90 Å². The molecule has 1 aliphatic heterocycles. The summed E-state index contributed by atoms with van der Waals surface area (Å²) in [5.74, 6) is -0.261. The lowest BCUT2D eigenvalue weighted by molar-refractivity contribution is 0.102. The molecule has 4 rings (SSSR count). The van der Waals surface area contributed by atoms with Gasteiger partial charge < -0.3 is 10.2 Å². The van der Waals surface area contributed by atoms with Crippen molar-refractivity contribution in [2.24, 2.45) is 0 Å². The SMILES string of the molecule is O=C(Nc1ccc(N2CCN(Cc3ccccc3Cl)CC2)cc1)c1ccc(Cl)cc1Cl. The number of carbonyl (C=O) groups is 1. The fourth-order valence-corrected chi connectivity index (χ4v) is 4.35. The lowest BCUT2D eigenvalue weighted by Gasteiger charge is -2.36. The highest BCUT2D eigenvalue weighted by atomic mass is 35.5. The van der Waals surface area contributed by atoms with Crippen LogP contribution in [-0.2, 0) is 6.54 Å². The minimum Gasteiger partial charge on any atom is -0.369 e. The molecule has 1 amide bonds. The largest absolute Gasteiger partial charge is 0.369 e. The van der Waals surface area contributed by atoms with Crippen LogP contribution in [0.25, 0.3) is 0 Å². The van der Waals surface area contributed by atoms with Crippen molar-refractivity contribution in [1.29, 1.82) is 0 Å². The van der Waals surface area contributed by atoms with Gasteiger partial charge in [-0.05, 0) is 54.1 Å². The second-order valence-corrected chi connectivity index (χ2v) is 8.73. The van der Waals surface area contributed by atoms with Gasteiger partial charge in [0.25, 0.3) is 5.91 Å². The van der Waals surface area contributed by atoms with Crippen molar-refractivity contribution < 1.29 is 4.79 Å². The average molecular weight is 475 g/mol. The Kier molecular flexibility index (Phi) is 7.03. The van der Waals surface area contributed by atoms with Crippen molar-refractivity contribution >= 4 is 52.1 Å². The van der Waals surface area contributed by atoms with E-state index in [9.17, 15) is 4.79 Å². The molecule has 7 heteroatoms. The molecule has 0 aliphatic carbocycles. The number of hydrogen-bond acceptors (Lipinski definition) is 3. The summed E-state index contributed by atoms with van der Waals surface area (Å²) in [4.78, 5) is 17.2. The maximum atomic E-state index is 12.5. The third-order valence-corrected chi connectivity index (χ3v) is 6.31. The molecular weight excluding hydrogens is 453 g/mol. The van der Waals surface area contributed by atoms with Crippen LogP contribution in [0.3, 0.4) is 0 Å². The lowest BCUT2D eigenvalue weighted by atomic mass is 10.1. The number of halogens is 3. The predicted molar refractivity (Wildman–Crippen MR) is 130 cm³/mol. The van der Waals surface area contributed by atoms with Gasteiger partial charge in [-0.1, -0.05) is 53.0 Å². The van der Waals surface area contributed by atoms with Gasteiger partial charge >= 0.3 is 0 Å². The van der Waals surface area contributed by atoms with Gasteiger partial charge in [0, 0.05) is 54.1 Å². The molecule has 1 saturated heterocycles. The molecule has 0 aromatic heterocycles. The van der Waals surface area contributed by atoms with E-state index in [1.165, 1.54) is 5.56 Å². The number of nitrogens with one attached hydrogen (secondary N) is 1. The van der Waals surface area contributed by atoms with Gasteiger partial charge in [-0.3, -0.25) is 9.69 Å². The van der Waals surface area contributed by atoms with Crippen LogP contribution in [0.5, 0.6) is 0 Å². The molecule has 0 radical (unpaired) electrons. The summed E-state index contributed by atoms with van der Waals surface area (Å²) in [5, 5.41) is 4.53. The van der Waals surface area contributed by atoms with Gasteiger partial charge in [-0.2, -0.15) is 0 Å². The zero-order valence-corrected chi connectivity index (χ0v) is 19.1. The number of hydrogen-bond donors (Lipinski definition) is 1. The standard InChI is InChI=1S/C24H22Cl3N3O/c25-18-5-10-21(23(27)15-18)24(31)28-19-6-8-20(9-7-19)30-13-11-29(12-14-30)16-17-3-1-2-4-22(17)26/h1-10,15H,11-14,16H2,(H,28,31). The molecular formula is C24H22Cl3N3O. The fraction of sp³-hybridized carbons (Fsp3) is 0.208. The summed E-state index contributed by atoms with van der Waals surface area (Å²) < 4.78 is 0. The summed E-state index contributed by atoms with van der Waals surface area (Å²) in [5.41, 5.74) is 3.42. The topological polar surface area (TPSA) is 35.6 Å². The van der Waals surface area contributed by atoms with Crippen molar-refractivity contribution in [2.45, 2.75) is 6.54 Å². The Bertz CT molecular complexity index is 1060. The maximum Gasteiger partial charge on any atom is 0.257 e. The number of nitrogens with zero attached hydrogens (tertiary/aromatic N) is 2. The first-order chi connectivity index (χ1) is 15.0. The first-order valence-corrected chi connectivity index (χ1v) is 11.2. The second-order valence-electron chi connectivity index (χ2n) is 7.48. The van der Waals surface area contributed by atoms with Crippen LogP contribution in [0.4, 0.5) is 11.4 Å². The highest BCUT2D eigenvalue weighted by Gasteiger charge is 2.18. The van der Waals surface area contributed by atoms with E-state index in [1.54, 1.807) is 18.2 Å². The molecule has 0 unspecified atom stereocenters. The molecule has 0 spiro atoms. The van der Waals surface area contributed by atoms with Crippen LogP contribution in [0.1, 0.15) is 15.9 Å². The van der Waals surface area contributed by atoms with Crippen LogP contribution < -0.4 is 10.2 Å². The number of amides is 1. The highest BCUT2D eigenvalue weighted by Crippen LogP contribution is 2.24. The van der Waals surface area contributed by atoms with E-state index in [2.05, 4.69) is 21.2 Å². The Morgan fingerprint density at radius 1 is 0.839 bits per heavy atom. The number of carbonyl (C=O) groups excluding carboxylic acids is 1. The van der Waals surface area contributed by atoms with Gasteiger partial charge in [0.05, 0.1) is 10.6 Å². The molecule has 3 aromatic rings. The van der Waals surface area contributed by atoms with E-state index in [0.29, 0.717) is 15.6 Å². The summed E-state index contributed by atoms with van der Waals surface area (Å²) in [6.45, 7) is 4.69. The van der Waals surface area contributed by atoms with E-state index < -0.39 is 0 Å². The molecule has 0 bridgehead atoms. The van der Waals surface area contributed by atoms with Gasteiger partial charge in [-0.25, -0.2) is 0 Å². The Labute approximate surface area is 197 Å². The van der Waals surface area contributed by atoms with E-state index in [0.717, 1.165) is 49.1 Å². The highest BCUT2D eigenvalue weighted by molar-refractivity contribution is 6.37. The first kappa shape index (κ1) is 22.0. The third kappa shape index (κ3) is 5.52. The molecule has 160 valence electrons. The lowest BCUT2D eigenvalue weighted by Crippen LogP contribution is -2.46. The molecule has 31 heavy (non-hydrogen) atoms. The quantitative estimate of drug-likeness (QED) is 0.477. The van der Waals surface area contributed by atoms with Crippen molar-refractivity contribution in [3.05, 3.63) is 92.9 Å². The predicted octanol–water partition coefficient (Wildman–Crippen LogP) is 6.22. The number of rotatable bonds is 5. The molecule has 0 saturated carbocycles. The van der Waals surface area contributed by atoms with E-state index >= 15 is 0 Å². The van der Waals surface area contributed by atoms with Crippen molar-refractivity contribution in [3.63, 3.8) is 0 Å². The number of benzene rings is 3. The van der Waals surface area contributed by atoms with Crippen molar-refractivity contribution in [3.8, 4) is 0 Å². The summed E-state index contributed by atoms with van der Waals surface area (Å²) in [6, 6.07) is 20.7. The molecule has 1 fully saturated rings. The monoisotopic (exact) mass is 473 g/mol. The van der Waals surface area contributed by atoms with Gasteiger partial charge in [0.1, 0.15) is 0 Å². The van der Waals surface area contributed by atoms with Crippen LogP contribution in [0.15, 0.2) is 66.7 Å². The van der Waals surface area contributed by atoms with Crippen LogP contribution >= 0.6 is 34.8 Å². The van der Waals surface area contributed by atoms with Gasteiger partial charge in [0.15, 0.2) is 0 Å². The molecule has 4 nitrogen and oxygen atoms in total. The Balaban J connectivity index is 1.32. The Hall–Kier alpha value is -2.24. The second kappa shape index (κ2) is 9.92. The molecule has 0 atom stereocenters. The van der Waals surface area contributed by atoms with Crippen LogP contribution in [-0.4, -0.2) is 37.0 Å². The number of piperazine rings is 1. The van der Waals surface area contributed by atoms with Crippen LogP contribution in [0, 0.1) is 0 Å². The summed E-state index contributed by atoms with van der Waals surface area (Å²) in [7, 11) is 0. The normalized spacial score (nSPS) is 14.5. The van der Waals surface area contributed by atoms with Gasteiger partial charge in [0.2, 0.25) is 0 Å². The zero-order valence-electron chi connectivity index (χ0n) is 16.8. The zero-order chi connectivity index (χ0) is 21.8. The Morgan fingerprint density at radius 3 is 2.23 bits per heavy atom. The summed E-state index contributed by atoms with van der Waals surface area (Å²) >= 11 is 18.3. The van der Waals surface area contributed by atoms with E-state index in [-0.39, 0.29) is 5.91 Å². The third-order valence-electron chi connectivity index (χ3n) is 5.39. The molecule has 1 aliphatic rings. The maximum absolute atomic E-state index is 12.5. The molecule has 3 aromatic carbocycles. The van der Waals surface area contributed by atoms with Crippen LogP contribution in [0.2, 0.25) is 15.1 Å². The average Bonchev–Trinajstić information content (AvgIpc) is 2.76. The first-order valence-electron chi connectivity index (χ1n) is 10.1. The van der Waals surface area contributed by atoms with E-state index in [1.807, 2.05) is 42.5 Å². The molecule has 1 N–H and O–H groups in total. The van der Waals surface area contributed by atoms with Gasteiger partial charge in [-0.15, -0.1) is 0 Å². The smallest absolute Gasteiger partial charge is 0.257 e. The van der Waals surface area contributed by atoms with Crippen molar-refractivity contribution in [2.75, 3.05) is 36.4 Å². The molecule has 1 heterocycles. The number of anilines is 2. The fourth-order valence-electron chi connectivity index (χ4n) is 3.66. The minimum absolute atomic E-state index is 0.261. The minimum atomic E-state index is -0.261. The van der Waals surface area contributed by atoms with E-state index in [4.69, 9.17) is 34.8 Å². The summed E-state index contributed by atoms with van der Waals surface area (Å²) in [6.07, 6.45) is 0.